The van der Waals surface area contributed by atoms with Gasteiger partial charge >= 0.3 is 17.9 Å². The molecule has 69 heavy (non-hydrogen) atoms. The van der Waals surface area contributed by atoms with Gasteiger partial charge in [0.05, 0.1) is 19.8 Å². The van der Waals surface area contributed by atoms with E-state index in [1.807, 2.05) is 18.2 Å². The Balaban J connectivity index is 1.14. The number of ether oxygens (including phenoxy) is 6. The van der Waals surface area contributed by atoms with E-state index in [1.54, 1.807) is 93.6 Å². The van der Waals surface area contributed by atoms with E-state index in [1.165, 1.54) is 0 Å². The summed E-state index contributed by atoms with van der Waals surface area (Å²) in [4.78, 5) is 48.8. The van der Waals surface area contributed by atoms with E-state index in [-0.39, 0.29) is 36.0 Å². The number of aromatic nitrogens is 6. The highest BCUT2D eigenvalue weighted by atomic mass is 16.6. The number of benzene rings is 4. The van der Waals surface area contributed by atoms with E-state index >= 15 is 0 Å². The van der Waals surface area contributed by atoms with Crippen molar-refractivity contribution in [2.24, 2.45) is 0 Å². The first-order chi connectivity index (χ1) is 33.5. The maximum Gasteiger partial charge on any atom is 0.330 e. The Morgan fingerprint density at radius 3 is 1.03 bits per heavy atom. The summed E-state index contributed by atoms with van der Waals surface area (Å²) in [6.45, 7) is 16.5. The molecule has 354 valence electrons. The highest BCUT2D eigenvalue weighted by Gasteiger charge is 2.21. The van der Waals surface area contributed by atoms with Crippen LogP contribution in [0.5, 0.6) is 17.2 Å². The minimum atomic E-state index is -0.497. The highest BCUT2D eigenvalue weighted by molar-refractivity contribution is 5.82. The molecule has 0 aliphatic carbocycles. The van der Waals surface area contributed by atoms with Crippen molar-refractivity contribution < 1.29 is 56.4 Å². The second-order valence-corrected chi connectivity index (χ2v) is 15.4. The maximum atomic E-state index is 11.6. The molecule has 0 bridgehead atoms. The lowest BCUT2D eigenvalue weighted by Gasteiger charge is -2.12. The molecule has 0 aliphatic heterocycles. The van der Waals surface area contributed by atoms with Crippen LogP contribution in [0.25, 0.3) is 68.5 Å². The molecule has 4 aromatic carbocycles. The van der Waals surface area contributed by atoms with Gasteiger partial charge in [0.2, 0.25) is 17.5 Å². The van der Waals surface area contributed by atoms with Crippen LogP contribution in [0.1, 0.15) is 40.0 Å². The van der Waals surface area contributed by atoms with Gasteiger partial charge in [0.15, 0.2) is 0 Å². The van der Waals surface area contributed by atoms with Gasteiger partial charge in [-0.2, -0.15) is 15.0 Å². The van der Waals surface area contributed by atoms with E-state index < -0.39 is 17.9 Å². The lowest BCUT2D eigenvalue weighted by molar-refractivity contribution is -0.143. The number of hydrogen-bond acceptors (Lipinski definition) is 18. The zero-order valence-corrected chi connectivity index (χ0v) is 38.1. The summed E-state index contributed by atoms with van der Waals surface area (Å²) in [6.07, 6.45) is 3.67. The number of nitrogens with zero attached hydrogens (tertiary/aromatic N) is 6. The summed E-state index contributed by atoms with van der Waals surface area (Å²) in [5.74, 6) is 1.53. The molecule has 0 radical (unpaired) electrons. The Morgan fingerprint density at radius 2 is 0.754 bits per heavy atom. The van der Waals surface area contributed by atoms with Gasteiger partial charge in [-0.1, -0.05) is 71.6 Å². The fraction of sp³-hybridized carbons (Fsp3) is 0.235. The average Bonchev–Trinajstić information content (AvgIpc) is 4.17. The lowest BCUT2D eigenvalue weighted by Crippen LogP contribution is -2.16. The standard InChI is InChI=1S/C51H48N6O12/c1-7-43(58)64-31(4)19-22-61-40-16-10-13-34(28-40)46-52-49(67-55-46)37-25-38(50-53-47(56-68-50)35-14-11-17-41(29-35)62-23-20-32(5)65-44(59)8-2)27-39(26-37)51-54-48(57-69-51)36-15-12-18-42(30-36)63-24-21-33(6)66-45(60)9-3/h7-18,25-33H,1-3,19-24H2,4-6H3. The molecule has 0 fully saturated rings. The van der Waals surface area contributed by atoms with Crippen LogP contribution < -0.4 is 14.2 Å². The molecule has 0 amide bonds. The Kier molecular flexibility index (Phi) is 16.2. The third-order valence-corrected chi connectivity index (χ3v) is 10.1. The molecule has 7 rings (SSSR count). The Hall–Kier alpha value is -8.67. The van der Waals surface area contributed by atoms with Crippen molar-refractivity contribution in [2.75, 3.05) is 19.8 Å². The zero-order chi connectivity index (χ0) is 48.7. The van der Waals surface area contributed by atoms with Crippen LogP contribution in [0.3, 0.4) is 0 Å². The summed E-state index contributed by atoms with van der Waals surface area (Å²) in [6, 6.07) is 26.9. The second-order valence-electron chi connectivity index (χ2n) is 15.4. The lowest BCUT2D eigenvalue weighted by atomic mass is 10.0. The molecule has 0 aliphatic rings. The topological polar surface area (TPSA) is 223 Å². The van der Waals surface area contributed by atoms with Gasteiger partial charge in [-0.05, 0) is 75.4 Å². The fourth-order valence-corrected chi connectivity index (χ4v) is 6.49. The van der Waals surface area contributed by atoms with Crippen molar-refractivity contribution >= 4 is 17.9 Å². The number of esters is 3. The number of carbonyl (C=O) groups excluding carboxylic acids is 3. The first-order valence-electron chi connectivity index (χ1n) is 21.8. The zero-order valence-electron chi connectivity index (χ0n) is 38.1. The predicted octanol–water partition coefficient (Wildman–Crippen LogP) is 9.50. The number of carbonyl (C=O) groups is 3. The van der Waals surface area contributed by atoms with E-state index in [0.29, 0.717) is 107 Å². The van der Waals surface area contributed by atoms with Crippen molar-refractivity contribution in [3.8, 4) is 85.8 Å². The predicted molar refractivity (Wildman–Crippen MR) is 250 cm³/mol. The molecule has 0 saturated carbocycles. The highest BCUT2D eigenvalue weighted by Crippen LogP contribution is 2.35. The van der Waals surface area contributed by atoms with Gasteiger partial charge in [0.25, 0.3) is 17.7 Å². The Morgan fingerprint density at radius 1 is 0.464 bits per heavy atom. The van der Waals surface area contributed by atoms with Crippen molar-refractivity contribution in [1.82, 2.24) is 30.4 Å². The molecule has 0 saturated heterocycles. The molecule has 18 heteroatoms. The minimum absolute atomic E-state index is 0.161. The molecule has 7 aromatic rings. The summed E-state index contributed by atoms with van der Waals surface area (Å²) in [5, 5.41) is 12.8. The van der Waals surface area contributed by atoms with E-state index in [2.05, 4.69) is 35.2 Å². The van der Waals surface area contributed by atoms with Gasteiger partial charge in [-0.25, -0.2) is 14.4 Å². The van der Waals surface area contributed by atoms with Crippen LogP contribution in [0.4, 0.5) is 0 Å². The first kappa shape index (κ1) is 48.3. The summed E-state index contributed by atoms with van der Waals surface area (Å²) >= 11 is 0. The first-order valence-corrected chi connectivity index (χ1v) is 21.8. The van der Waals surface area contributed by atoms with Crippen LogP contribution in [0.2, 0.25) is 0 Å². The summed E-state index contributed by atoms with van der Waals surface area (Å²) in [5.41, 5.74) is 3.31. The molecule has 3 unspecified atom stereocenters. The van der Waals surface area contributed by atoms with Crippen molar-refractivity contribution in [3.05, 3.63) is 129 Å². The van der Waals surface area contributed by atoms with E-state index in [4.69, 9.17) is 56.9 Å². The maximum absolute atomic E-state index is 11.6. The SMILES string of the molecule is C=CC(=O)OC(C)CCOc1cccc(-c2noc(-c3cc(-c4nc(-c5cccc(OCCC(C)OC(=O)C=C)c5)no4)cc(-c4nc(-c5cccc(OCCC(C)OC(=O)C=C)c5)no4)c3)n2)c1. The quantitative estimate of drug-likeness (QED) is 0.0312. The van der Waals surface area contributed by atoms with Gasteiger partial charge in [-0.3, -0.25) is 0 Å². The third-order valence-electron chi connectivity index (χ3n) is 10.1. The molecular formula is C51H48N6O12. The van der Waals surface area contributed by atoms with Crippen molar-refractivity contribution in [3.63, 3.8) is 0 Å². The van der Waals surface area contributed by atoms with Gasteiger partial charge < -0.3 is 42.0 Å². The molecule has 0 N–H and O–H groups in total. The molecule has 18 nitrogen and oxygen atoms in total. The summed E-state index contributed by atoms with van der Waals surface area (Å²) < 4.78 is 51.0. The number of rotatable bonds is 24. The third kappa shape index (κ3) is 13.5. The van der Waals surface area contributed by atoms with Crippen LogP contribution >= 0.6 is 0 Å². The van der Waals surface area contributed by atoms with Crippen LogP contribution in [0.15, 0.2) is 143 Å². The van der Waals surface area contributed by atoms with Gasteiger partial charge in [-0.15, -0.1) is 0 Å². The summed E-state index contributed by atoms with van der Waals surface area (Å²) in [7, 11) is 0. The molecule has 3 atom stereocenters. The normalized spacial score (nSPS) is 12.2. The monoisotopic (exact) mass is 936 g/mol. The van der Waals surface area contributed by atoms with E-state index in [9.17, 15) is 14.4 Å². The smallest absolute Gasteiger partial charge is 0.330 e. The molecule has 3 aromatic heterocycles. The molecule has 3 heterocycles. The average molecular weight is 937 g/mol. The van der Waals surface area contributed by atoms with E-state index in [0.717, 1.165) is 18.2 Å². The van der Waals surface area contributed by atoms with Gasteiger partial charge in [0.1, 0.15) is 35.6 Å². The van der Waals surface area contributed by atoms with Crippen LogP contribution in [-0.4, -0.2) is 86.5 Å². The van der Waals surface area contributed by atoms with Crippen LogP contribution in [0, 0.1) is 0 Å². The van der Waals surface area contributed by atoms with Crippen molar-refractivity contribution in [1.29, 1.82) is 0 Å². The van der Waals surface area contributed by atoms with Crippen LogP contribution in [-0.2, 0) is 28.6 Å². The largest absolute Gasteiger partial charge is 0.493 e. The Bertz CT molecular complexity index is 2600. The Labute approximate surface area is 396 Å². The fourth-order valence-electron chi connectivity index (χ4n) is 6.49. The van der Waals surface area contributed by atoms with Gasteiger partial charge in [0, 0.05) is 70.9 Å². The molecular weight excluding hydrogens is 889 g/mol. The van der Waals surface area contributed by atoms with Crippen molar-refractivity contribution in [2.45, 2.75) is 58.3 Å². The molecule has 0 spiro atoms. The minimum Gasteiger partial charge on any atom is -0.493 e. The second kappa shape index (κ2) is 23.2. The number of hydrogen-bond donors (Lipinski definition) is 0.